The van der Waals surface area contributed by atoms with Crippen molar-refractivity contribution in [3.8, 4) is 0 Å². The standard InChI is InChI=1S/C15H20ClN3O.C6H5NO2/c1-15(2,3)14(20)13(19-10-17-9-18-19)8-11-4-6-12(16)7-5-11;8-6(9)5-2-1-3-7-4-5/h4-7,9-10,13-14,20H,8H2,1-3H3;1-4H,(H,8,9)/t13-,14+;/m0./s1. The molecule has 7 nitrogen and oxygen atoms in total. The predicted octanol–water partition coefficient (Wildman–Crippen LogP) is 3.90. The highest BCUT2D eigenvalue weighted by atomic mass is 35.5. The van der Waals surface area contributed by atoms with Crippen LogP contribution in [0.25, 0.3) is 0 Å². The fourth-order valence-corrected chi connectivity index (χ4v) is 2.79. The zero-order valence-electron chi connectivity index (χ0n) is 16.6. The molecule has 0 saturated heterocycles. The van der Waals surface area contributed by atoms with Gasteiger partial charge < -0.3 is 10.2 Å². The first kappa shape index (κ1) is 22.5. The van der Waals surface area contributed by atoms with Gasteiger partial charge in [0.25, 0.3) is 0 Å². The number of hydrogen-bond donors (Lipinski definition) is 2. The maximum atomic E-state index is 10.6. The zero-order valence-corrected chi connectivity index (χ0v) is 17.4. The maximum absolute atomic E-state index is 10.6. The Bertz CT molecular complexity index is 879. The number of aliphatic hydroxyl groups excluding tert-OH is 1. The summed E-state index contributed by atoms with van der Waals surface area (Å²) in [6.07, 6.45) is 6.13. The normalized spacial score (nSPS) is 13.1. The second-order valence-electron chi connectivity index (χ2n) is 7.63. The zero-order chi connectivity index (χ0) is 21.4. The molecule has 8 heteroatoms. The van der Waals surface area contributed by atoms with Gasteiger partial charge in [0.15, 0.2) is 0 Å². The van der Waals surface area contributed by atoms with E-state index in [0.29, 0.717) is 11.4 Å². The number of nitrogens with zero attached hydrogens (tertiary/aromatic N) is 4. The van der Waals surface area contributed by atoms with Gasteiger partial charge in [-0.3, -0.25) is 4.98 Å². The molecule has 0 aliphatic carbocycles. The van der Waals surface area contributed by atoms with Crippen LogP contribution in [0.4, 0.5) is 0 Å². The van der Waals surface area contributed by atoms with Crippen LogP contribution in [0.5, 0.6) is 0 Å². The fourth-order valence-electron chi connectivity index (χ4n) is 2.67. The summed E-state index contributed by atoms with van der Waals surface area (Å²) in [4.78, 5) is 17.8. The topological polar surface area (TPSA) is 101 Å². The Balaban J connectivity index is 0.000000278. The summed E-state index contributed by atoms with van der Waals surface area (Å²) in [6, 6.07) is 10.6. The van der Waals surface area contributed by atoms with E-state index >= 15 is 0 Å². The highest BCUT2D eigenvalue weighted by Crippen LogP contribution is 2.30. The van der Waals surface area contributed by atoms with E-state index in [1.807, 2.05) is 45.0 Å². The average Bonchev–Trinajstić information content (AvgIpc) is 3.22. The minimum absolute atomic E-state index is 0.154. The van der Waals surface area contributed by atoms with Crippen LogP contribution >= 0.6 is 11.6 Å². The molecular formula is C21H25ClN4O3. The van der Waals surface area contributed by atoms with Gasteiger partial charge in [-0.05, 0) is 41.7 Å². The van der Waals surface area contributed by atoms with E-state index in [2.05, 4.69) is 15.1 Å². The summed E-state index contributed by atoms with van der Waals surface area (Å²) in [5.74, 6) is -0.942. The van der Waals surface area contributed by atoms with Gasteiger partial charge >= 0.3 is 5.97 Å². The van der Waals surface area contributed by atoms with Crippen molar-refractivity contribution in [1.29, 1.82) is 0 Å². The van der Waals surface area contributed by atoms with Gasteiger partial charge in [-0.15, -0.1) is 0 Å². The number of aliphatic hydroxyl groups is 1. The van der Waals surface area contributed by atoms with E-state index < -0.39 is 12.1 Å². The first-order valence-corrected chi connectivity index (χ1v) is 9.46. The lowest BCUT2D eigenvalue weighted by Gasteiger charge is -2.33. The Morgan fingerprint density at radius 3 is 2.31 bits per heavy atom. The summed E-state index contributed by atoms with van der Waals surface area (Å²) in [6.45, 7) is 6.05. The van der Waals surface area contributed by atoms with Gasteiger partial charge in [-0.1, -0.05) is 44.5 Å². The summed E-state index contributed by atoms with van der Waals surface area (Å²) in [5, 5.41) is 23.9. The van der Waals surface area contributed by atoms with Gasteiger partial charge in [0.05, 0.1) is 17.7 Å². The van der Waals surface area contributed by atoms with Crippen molar-refractivity contribution in [2.24, 2.45) is 5.41 Å². The molecule has 3 aromatic rings. The molecule has 2 heterocycles. The third-order valence-electron chi connectivity index (χ3n) is 4.29. The van der Waals surface area contributed by atoms with Crippen LogP contribution in [0.1, 0.15) is 42.7 Å². The number of benzene rings is 1. The second-order valence-corrected chi connectivity index (χ2v) is 8.07. The molecule has 0 fully saturated rings. The molecule has 3 rings (SSSR count). The van der Waals surface area contributed by atoms with E-state index in [1.165, 1.54) is 24.8 Å². The molecule has 0 aliphatic heterocycles. The Morgan fingerprint density at radius 2 is 1.86 bits per heavy atom. The number of carboxylic acid groups (broad SMARTS) is 1. The summed E-state index contributed by atoms with van der Waals surface area (Å²) >= 11 is 5.91. The third kappa shape index (κ3) is 6.96. The Labute approximate surface area is 175 Å². The van der Waals surface area contributed by atoms with E-state index in [0.717, 1.165) is 5.56 Å². The molecule has 0 spiro atoms. The molecule has 2 atom stereocenters. The van der Waals surface area contributed by atoms with Gasteiger partial charge in [-0.25, -0.2) is 14.5 Å². The number of carboxylic acids is 1. The summed E-state index contributed by atoms with van der Waals surface area (Å²) in [5.41, 5.74) is 1.10. The first-order chi connectivity index (χ1) is 13.7. The molecule has 0 radical (unpaired) electrons. The minimum Gasteiger partial charge on any atom is -0.478 e. The number of carbonyl (C=O) groups is 1. The number of rotatable bonds is 5. The largest absolute Gasteiger partial charge is 0.478 e. The molecular weight excluding hydrogens is 392 g/mol. The molecule has 29 heavy (non-hydrogen) atoms. The Kier molecular flexibility index (Phi) is 7.87. The first-order valence-electron chi connectivity index (χ1n) is 9.08. The van der Waals surface area contributed by atoms with Crippen molar-refractivity contribution >= 4 is 17.6 Å². The molecule has 2 aromatic heterocycles. The van der Waals surface area contributed by atoms with Gasteiger partial charge in [-0.2, -0.15) is 5.10 Å². The molecule has 0 saturated carbocycles. The molecule has 0 unspecified atom stereocenters. The van der Waals surface area contributed by atoms with Crippen LogP contribution in [0, 0.1) is 5.41 Å². The van der Waals surface area contributed by atoms with Crippen LogP contribution in [-0.2, 0) is 6.42 Å². The Morgan fingerprint density at radius 1 is 1.17 bits per heavy atom. The van der Waals surface area contributed by atoms with Gasteiger partial charge in [0.1, 0.15) is 12.7 Å². The molecule has 2 N–H and O–H groups in total. The second kappa shape index (κ2) is 10.1. The quantitative estimate of drug-likeness (QED) is 0.654. The van der Waals surface area contributed by atoms with Crippen LogP contribution in [-0.4, -0.2) is 42.0 Å². The monoisotopic (exact) mass is 416 g/mol. The van der Waals surface area contributed by atoms with Crippen molar-refractivity contribution in [2.45, 2.75) is 39.3 Å². The van der Waals surface area contributed by atoms with E-state index in [1.54, 1.807) is 17.1 Å². The SMILES string of the molecule is CC(C)(C)[C@H](O)[C@H](Cc1ccc(Cl)cc1)n1cncn1.O=C(O)c1cccnc1. The predicted molar refractivity (Wildman–Crippen MR) is 111 cm³/mol. The lowest BCUT2D eigenvalue weighted by Crippen LogP contribution is -2.37. The van der Waals surface area contributed by atoms with E-state index in [9.17, 15) is 9.90 Å². The Hall–Kier alpha value is -2.77. The van der Waals surface area contributed by atoms with Crippen molar-refractivity contribution in [1.82, 2.24) is 19.7 Å². The van der Waals surface area contributed by atoms with Gasteiger partial charge in [0.2, 0.25) is 0 Å². The highest BCUT2D eigenvalue weighted by Gasteiger charge is 2.32. The molecule has 0 amide bonds. The smallest absolute Gasteiger partial charge is 0.337 e. The van der Waals surface area contributed by atoms with Crippen LogP contribution < -0.4 is 0 Å². The average molecular weight is 417 g/mol. The third-order valence-corrected chi connectivity index (χ3v) is 4.55. The lowest BCUT2D eigenvalue weighted by atomic mass is 9.82. The van der Waals surface area contributed by atoms with E-state index in [-0.39, 0.29) is 17.0 Å². The van der Waals surface area contributed by atoms with Crippen LogP contribution in [0.2, 0.25) is 5.02 Å². The van der Waals surface area contributed by atoms with Crippen molar-refractivity contribution in [3.05, 3.63) is 77.6 Å². The van der Waals surface area contributed by atoms with Crippen LogP contribution in [0.3, 0.4) is 0 Å². The fraction of sp³-hybridized carbons (Fsp3) is 0.333. The van der Waals surface area contributed by atoms with Crippen molar-refractivity contribution in [2.75, 3.05) is 0 Å². The number of pyridine rings is 1. The van der Waals surface area contributed by atoms with Crippen molar-refractivity contribution in [3.63, 3.8) is 0 Å². The van der Waals surface area contributed by atoms with E-state index in [4.69, 9.17) is 16.7 Å². The maximum Gasteiger partial charge on any atom is 0.337 e. The highest BCUT2D eigenvalue weighted by molar-refractivity contribution is 6.30. The summed E-state index contributed by atoms with van der Waals surface area (Å²) < 4.78 is 1.73. The van der Waals surface area contributed by atoms with Crippen molar-refractivity contribution < 1.29 is 15.0 Å². The van der Waals surface area contributed by atoms with Gasteiger partial charge in [0, 0.05) is 17.4 Å². The number of aromatic nitrogens is 4. The molecule has 0 aliphatic rings. The molecule has 1 aromatic carbocycles. The molecule has 0 bridgehead atoms. The van der Waals surface area contributed by atoms with Crippen LogP contribution in [0.15, 0.2) is 61.4 Å². The number of hydrogen-bond acceptors (Lipinski definition) is 5. The number of aromatic carboxylic acids is 1. The molecule has 154 valence electrons. The minimum atomic E-state index is -0.942. The number of halogens is 1. The lowest BCUT2D eigenvalue weighted by molar-refractivity contribution is 0.0124. The summed E-state index contributed by atoms with van der Waals surface area (Å²) in [7, 11) is 0.